The van der Waals surface area contributed by atoms with Crippen LogP contribution in [0.1, 0.15) is 38.3 Å². The quantitative estimate of drug-likeness (QED) is 0.809. The standard InChI is InChI=1S/C15H24N2O2S/c1-4-13-7-6-12(10-16-5-2)9-15(13)20(18,19)17-14-8-11(14)3/h6-7,9,11,14,16-17H,4-5,8,10H2,1-3H3. The van der Waals surface area contributed by atoms with Crippen molar-refractivity contribution in [2.75, 3.05) is 6.54 Å². The van der Waals surface area contributed by atoms with Crippen LogP contribution in [0, 0.1) is 5.92 Å². The predicted octanol–water partition coefficient (Wildman–Crippen LogP) is 2.05. The maximum Gasteiger partial charge on any atom is 0.241 e. The Morgan fingerprint density at radius 1 is 1.30 bits per heavy atom. The van der Waals surface area contributed by atoms with Crippen molar-refractivity contribution in [3.05, 3.63) is 29.3 Å². The van der Waals surface area contributed by atoms with Crippen molar-refractivity contribution in [2.24, 2.45) is 5.92 Å². The summed E-state index contributed by atoms with van der Waals surface area (Å²) >= 11 is 0. The molecule has 1 aliphatic rings. The van der Waals surface area contributed by atoms with Gasteiger partial charge in [-0.1, -0.05) is 32.9 Å². The van der Waals surface area contributed by atoms with Crippen LogP contribution in [0.5, 0.6) is 0 Å². The Labute approximate surface area is 122 Å². The molecule has 0 heterocycles. The van der Waals surface area contributed by atoms with Gasteiger partial charge in [0.15, 0.2) is 0 Å². The Balaban J connectivity index is 2.27. The highest BCUT2D eigenvalue weighted by Gasteiger charge is 2.36. The van der Waals surface area contributed by atoms with E-state index in [1.165, 1.54) is 0 Å². The number of benzene rings is 1. The van der Waals surface area contributed by atoms with Crippen molar-refractivity contribution in [3.63, 3.8) is 0 Å². The Morgan fingerprint density at radius 2 is 2.00 bits per heavy atom. The second-order valence-corrected chi connectivity index (χ2v) is 7.20. The minimum absolute atomic E-state index is 0.113. The van der Waals surface area contributed by atoms with Gasteiger partial charge < -0.3 is 5.32 Å². The molecule has 20 heavy (non-hydrogen) atoms. The van der Waals surface area contributed by atoms with Gasteiger partial charge in [-0.15, -0.1) is 0 Å². The fourth-order valence-electron chi connectivity index (χ4n) is 2.27. The number of sulfonamides is 1. The van der Waals surface area contributed by atoms with Crippen molar-refractivity contribution >= 4 is 10.0 Å². The number of hydrogen-bond acceptors (Lipinski definition) is 3. The fourth-order valence-corrected chi connectivity index (χ4v) is 3.99. The van der Waals surface area contributed by atoms with Gasteiger partial charge in [0.2, 0.25) is 10.0 Å². The number of aryl methyl sites for hydroxylation is 1. The Hall–Kier alpha value is -0.910. The van der Waals surface area contributed by atoms with Gasteiger partial charge in [0, 0.05) is 12.6 Å². The minimum Gasteiger partial charge on any atom is -0.313 e. The van der Waals surface area contributed by atoms with Gasteiger partial charge in [0.05, 0.1) is 4.90 Å². The van der Waals surface area contributed by atoms with Crippen LogP contribution >= 0.6 is 0 Å². The molecule has 0 bridgehead atoms. The largest absolute Gasteiger partial charge is 0.313 e. The molecule has 0 aliphatic heterocycles. The molecule has 1 aliphatic carbocycles. The summed E-state index contributed by atoms with van der Waals surface area (Å²) in [5.41, 5.74) is 1.89. The normalized spacial score (nSPS) is 21.9. The molecule has 2 unspecified atom stereocenters. The van der Waals surface area contributed by atoms with Gasteiger partial charge >= 0.3 is 0 Å². The third-order valence-corrected chi connectivity index (χ3v) is 5.37. The molecule has 112 valence electrons. The van der Waals surface area contributed by atoms with Crippen LogP contribution in [-0.2, 0) is 23.0 Å². The Morgan fingerprint density at radius 3 is 2.55 bits per heavy atom. The molecule has 5 heteroatoms. The van der Waals surface area contributed by atoms with Gasteiger partial charge in [-0.3, -0.25) is 0 Å². The monoisotopic (exact) mass is 296 g/mol. The summed E-state index contributed by atoms with van der Waals surface area (Å²) in [6.07, 6.45) is 1.66. The van der Waals surface area contributed by atoms with Crippen molar-refractivity contribution in [1.82, 2.24) is 10.0 Å². The third kappa shape index (κ3) is 3.59. The van der Waals surface area contributed by atoms with Crippen LogP contribution in [0.2, 0.25) is 0 Å². The van der Waals surface area contributed by atoms with E-state index in [1.54, 1.807) is 6.07 Å². The summed E-state index contributed by atoms with van der Waals surface area (Å²) in [4.78, 5) is 0.439. The molecule has 0 radical (unpaired) electrons. The van der Waals surface area contributed by atoms with Gasteiger partial charge in [-0.2, -0.15) is 0 Å². The number of nitrogens with one attached hydrogen (secondary N) is 2. The van der Waals surface area contributed by atoms with E-state index in [0.29, 0.717) is 17.4 Å². The molecule has 1 aromatic rings. The zero-order valence-electron chi connectivity index (χ0n) is 12.4. The summed E-state index contributed by atoms with van der Waals surface area (Å²) in [7, 11) is -3.40. The van der Waals surface area contributed by atoms with Gasteiger partial charge in [-0.25, -0.2) is 13.1 Å². The summed E-state index contributed by atoms with van der Waals surface area (Å²) < 4.78 is 27.8. The molecule has 1 fully saturated rings. The molecule has 0 aromatic heterocycles. The first-order chi connectivity index (χ1) is 9.47. The molecule has 2 rings (SSSR count). The Bertz CT molecular complexity index is 569. The number of rotatable bonds is 7. The first-order valence-corrected chi connectivity index (χ1v) is 8.81. The highest BCUT2D eigenvalue weighted by Crippen LogP contribution is 2.31. The van der Waals surface area contributed by atoms with Gasteiger partial charge in [0.1, 0.15) is 0 Å². The zero-order chi connectivity index (χ0) is 14.8. The van der Waals surface area contributed by atoms with Crippen molar-refractivity contribution < 1.29 is 8.42 Å². The topological polar surface area (TPSA) is 58.2 Å². The SMILES string of the molecule is CCNCc1ccc(CC)c(S(=O)(=O)NC2CC2C)c1. The Kier molecular flexibility index (Phi) is 4.83. The molecular formula is C15H24N2O2S. The fraction of sp³-hybridized carbons (Fsp3) is 0.600. The van der Waals surface area contributed by atoms with Crippen LogP contribution in [0.15, 0.2) is 23.1 Å². The molecule has 2 atom stereocenters. The lowest BCUT2D eigenvalue weighted by Gasteiger charge is -2.12. The average Bonchev–Trinajstić information content (AvgIpc) is 3.10. The molecule has 0 spiro atoms. The lowest BCUT2D eigenvalue weighted by Crippen LogP contribution is -2.28. The van der Waals surface area contributed by atoms with E-state index in [-0.39, 0.29) is 6.04 Å². The first kappa shape index (κ1) is 15.5. The second kappa shape index (κ2) is 6.24. The van der Waals surface area contributed by atoms with E-state index in [2.05, 4.69) is 17.0 Å². The van der Waals surface area contributed by atoms with Crippen LogP contribution in [0.25, 0.3) is 0 Å². The van der Waals surface area contributed by atoms with E-state index >= 15 is 0 Å². The predicted molar refractivity (Wildman–Crippen MR) is 81.1 cm³/mol. The molecule has 0 amide bonds. The van der Waals surface area contributed by atoms with E-state index in [1.807, 2.05) is 26.0 Å². The summed E-state index contributed by atoms with van der Waals surface area (Å²) in [6.45, 7) is 7.65. The van der Waals surface area contributed by atoms with Crippen molar-refractivity contribution in [1.29, 1.82) is 0 Å². The molecule has 1 saturated carbocycles. The van der Waals surface area contributed by atoms with E-state index in [0.717, 1.165) is 30.5 Å². The summed E-state index contributed by atoms with van der Waals surface area (Å²) in [5.74, 6) is 0.458. The van der Waals surface area contributed by atoms with Crippen molar-refractivity contribution in [3.8, 4) is 0 Å². The molecule has 0 saturated heterocycles. The molecule has 2 N–H and O–H groups in total. The lowest BCUT2D eigenvalue weighted by molar-refractivity contribution is 0.577. The summed E-state index contributed by atoms with van der Waals surface area (Å²) in [6, 6.07) is 5.84. The highest BCUT2D eigenvalue weighted by atomic mass is 32.2. The minimum atomic E-state index is -3.40. The van der Waals surface area contributed by atoms with E-state index in [9.17, 15) is 8.42 Å². The van der Waals surface area contributed by atoms with Crippen LogP contribution < -0.4 is 10.0 Å². The van der Waals surface area contributed by atoms with Crippen LogP contribution in [0.4, 0.5) is 0 Å². The smallest absolute Gasteiger partial charge is 0.241 e. The molecule has 1 aromatic carbocycles. The number of hydrogen-bond donors (Lipinski definition) is 2. The highest BCUT2D eigenvalue weighted by molar-refractivity contribution is 7.89. The van der Waals surface area contributed by atoms with E-state index in [4.69, 9.17) is 0 Å². The van der Waals surface area contributed by atoms with Crippen LogP contribution in [0.3, 0.4) is 0 Å². The summed E-state index contributed by atoms with van der Waals surface area (Å²) in [5, 5.41) is 3.23. The molecular weight excluding hydrogens is 272 g/mol. The lowest BCUT2D eigenvalue weighted by atomic mass is 10.1. The van der Waals surface area contributed by atoms with Crippen LogP contribution in [-0.4, -0.2) is 21.0 Å². The average molecular weight is 296 g/mol. The zero-order valence-corrected chi connectivity index (χ0v) is 13.3. The van der Waals surface area contributed by atoms with Gasteiger partial charge in [0.25, 0.3) is 0 Å². The van der Waals surface area contributed by atoms with E-state index < -0.39 is 10.0 Å². The maximum atomic E-state index is 12.5. The molecule has 4 nitrogen and oxygen atoms in total. The van der Waals surface area contributed by atoms with Gasteiger partial charge in [-0.05, 0) is 42.5 Å². The third-order valence-electron chi connectivity index (χ3n) is 3.80. The van der Waals surface area contributed by atoms with Crippen molar-refractivity contribution in [2.45, 2.75) is 51.1 Å². The second-order valence-electron chi connectivity index (χ2n) is 5.52. The maximum absolute atomic E-state index is 12.5. The first-order valence-electron chi connectivity index (χ1n) is 7.32.